The lowest BCUT2D eigenvalue weighted by atomic mass is 10.2. The van der Waals surface area contributed by atoms with Gasteiger partial charge in [0, 0.05) is 31.1 Å². The maximum atomic E-state index is 12.3. The monoisotopic (exact) mass is 308 g/mol. The number of carbonyl (C=O) groups is 1. The maximum Gasteiger partial charge on any atom is 0.258 e. The second kappa shape index (κ2) is 5.92. The third-order valence-corrected chi connectivity index (χ3v) is 3.50. The average Bonchev–Trinajstić information content (AvgIpc) is 2.92. The van der Waals surface area contributed by atoms with E-state index in [1.165, 1.54) is 22.9 Å². The van der Waals surface area contributed by atoms with Crippen LogP contribution in [-0.2, 0) is 7.05 Å². The zero-order valence-electron chi connectivity index (χ0n) is 12.9. The van der Waals surface area contributed by atoms with Gasteiger partial charge in [-0.2, -0.15) is 0 Å². The highest BCUT2D eigenvalue weighted by Crippen LogP contribution is 2.16. The molecule has 0 saturated heterocycles. The number of rotatable bonds is 3. The lowest BCUT2D eigenvalue weighted by molar-refractivity contribution is 0.102. The van der Waals surface area contributed by atoms with Crippen molar-refractivity contribution in [1.29, 1.82) is 0 Å². The van der Waals surface area contributed by atoms with E-state index in [9.17, 15) is 9.59 Å². The highest BCUT2D eigenvalue weighted by molar-refractivity contribution is 6.03. The zero-order valence-corrected chi connectivity index (χ0v) is 12.9. The Morgan fingerprint density at radius 3 is 2.52 bits per heavy atom. The molecule has 0 atom stereocenters. The molecule has 6 heteroatoms. The van der Waals surface area contributed by atoms with Gasteiger partial charge in [0.1, 0.15) is 0 Å². The number of hydrogen-bond acceptors (Lipinski definition) is 3. The fourth-order valence-electron chi connectivity index (χ4n) is 2.20. The molecule has 0 unspecified atom stereocenters. The number of nitrogens with zero attached hydrogens (tertiary/aromatic N) is 3. The number of nitrogens with one attached hydrogen (secondary N) is 1. The molecule has 116 valence electrons. The SMILES string of the molecule is Cc1cn(-c2ccccc2)nc1NC(=O)c1ccc(=O)n(C)c1. The van der Waals surface area contributed by atoms with Crippen LogP contribution in [0.3, 0.4) is 0 Å². The Kier molecular flexibility index (Phi) is 3.80. The average molecular weight is 308 g/mol. The summed E-state index contributed by atoms with van der Waals surface area (Å²) in [5.74, 6) is 0.190. The lowest BCUT2D eigenvalue weighted by Crippen LogP contribution is -2.20. The van der Waals surface area contributed by atoms with Crippen molar-refractivity contribution in [2.75, 3.05) is 5.32 Å². The number of pyridine rings is 1. The number of hydrogen-bond donors (Lipinski definition) is 1. The molecule has 0 aliphatic heterocycles. The normalized spacial score (nSPS) is 10.5. The van der Waals surface area contributed by atoms with Crippen LogP contribution in [0.1, 0.15) is 15.9 Å². The summed E-state index contributed by atoms with van der Waals surface area (Å²) in [5, 5.41) is 7.18. The van der Waals surface area contributed by atoms with E-state index in [-0.39, 0.29) is 11.5 Å². The Morgan fingerprint density at radius 1 is 1.09 bits per heavy atom. The van der Waals surface area contributed by atoms with E-state index in [0.29, 0.717) is 11.4 Å². The summed E-state index contributed by atoms with van der Waals surface area (Å²) in [6.07, 6.45) is 3.35. The van der Waals surface area contributed by atoms with Crippen molar-refractivity contribution in [3.8, 4) is 5.69 Å². The molecule has 0 spiro atoms. The summed E-state index contributed by atoms with van der Waals surface area (Å²) in [4.78, 5) is 23.7. The molecule has 6 nitrogen and oxygen atoms in total. The van der Waals surface area contributed by atoms with E-state index in [0.717, 1.165) is 11.3 Å². The molecule has 23 heavy (non-hydrogen) atoms. The predicted octanol–water partition coefficient (Wildman–Crippen LogP) is 2.13. The molecular formula is C17H16N4O2. The van der Waals surface area contributed by atoms with E-state index in [2.05, 4.69) is 10.4 Å². The number of anilines is 1. The summed E-state index contributed by atoms with van der Waals surface area (Å²) in [5.41, 5.74) is 2.01. The fraction of sp³-hybridized carbons (Fsp3) is 0.118. The molecule has 3 aromatic rings. The minimum Gasteiger partial charge on any atom is -0.318 e. The smallest absolute Gasteiger partial charge is 0.258 e. The second-order valence-electron chi connectivity index (χ2n) is 5.26. The molecule has 2 aromatic heterocycles. The van der Waals surface area contributed by atoms with E-state index in [1.807, 2.05) is 43.5 Å². The third kappa shape index (κ3) is 3.06. The van der Waals surface area contributed by atoms with Crippen LogP contribution in [-0.4, -0.2) is 20.3 Å². The summed E-state index contributed by atoms with van der Waals surface area (Å²) < 4.78 is 3.08. The van der Waals surface area contributed by atoms with Gasteiger partial charge in [0.25, 0.3) is 5.91 Å². The topological polar surface area (TPSA) is 68.9 Å². The minimum absolute atomic E-state index is 0.161. The number of benzene rings is 1. The Labute approximate surface area is 133 Å². The number of aromatic nitrogens is 3. The molecule has 1 amide bonds. The van der Waals surface area contributed by atoms with E-state index in [4.69, 9.17) is 0 Å². The standard InChI is InChI=1S/C17H16N4O2/c1-12-10-21(14-6-4-3-5-7-14)19-16(12)18-17(23)13-8-9-15(22)20(2)11-13/h3-11H,1-2H3,(H,18,19,23). The molecule has 1 N–H and O–H groups in total. The van der Waals surface area contributed by atoms with Crippen LogP contribution in [0.15, 0.2) is 59.7 Å². The first-order chi connectivity index (χ1) is 11.0. The van der Waals surface area contributed by atoms with Crippen LogP contribution in [0, 0.1) is 6.92 Å². The van der Waals surface area contributed by atoms with Crippen LogP contribution >= 0.6 is 0 Å². The summed E-state index contributed by atoms with van der Waals surface area (Å²) >= 11 is 0. The first kappa shape index (κ1) is 14.8. The number of aryl methyl sites for hydroxylation is 2. The summed E-state index contributed by atoms with van der Waals surface area (Å²) in [7, 11) is 1.61. The first-order valence-corrected chi connectivity index (χ1v) is 7.14. The molecule has 0 aliphatic rings. The second-order valence-corrected chi connectivity index (χ2v) is 5.26. The largest absolute Gasteiger partial charge is 0.318 e. The minimum atomic E-state index is -0.304. The van der Waals surface area contributed by atoms with Crippen LogP contribution in [0.2, 0.25) is 0 Å². The van der Waals surface area contributed by atoms with Gasteiger partial charge >= 0.3 is 0 Å². The summed E-state index contributed by atoms with van der Waals surface area (Å²) in [6.45, 7) is 1.88. The quantitative estimate of drug-likeness (QED) is 0.806. The highest BCUT2D eigenvalue weighted by Gasteiger charge is 2.12. The predicted molar refractivity (Wildman–Crippen MR) is 87.9 cm³/mol. The van der Waals surface area contributed by atoms with Gasteiger partial charge in [-0.05, 0) is 25.1 Å². The van der Waals surface area contributed by atoms with Crippen LogP contribution in [0.25, 0.3) is 5.69 Å². The molecule has 0 fully saturated rings. The van der Waals surface area contributed by atoms with Crippen LogP contribution < -0.4 is 10.9 Å². The van der Waals surface area contributed by atoms with E-state index >= 15 is 0 Å². The Bertz CT molecular complexity index is 910. The van der Waals surface area contributed by atoms with Crippen LogP contribution in [0.4, 0.5) is 5.82 Å². The van der Waals surface area contributed by atoms with Gasteiger partial charge < -0.3 is 9.88 Å². The van der Waals surface area contributed by atoms with Crippen LogP contribution in [0.5, 0.6) is 0 Å². The lowest BCUT2D eigenvalue weighted by Gasteiger charge is -2.05. The highest BCUT2D eigenvalue weighted by atomic mass is 16.2. The summed E-state index contributed by atoms with van der Waals surface area (Å²) in [6, 6.07) is 12.5. The van der Waals surface area contributed by atoms with Gasteiger partial charge in [0.15, 0.2) is 5.82 Å². The third-order valence-electron chi connectivity index (χ3n) is 3.50. The zero-order chi connectivity index (χ0) is 16.4. The van der Waals surface area contributed by atoms with Gasteiger partial charge in [0.2, 0.25) is 5.56 Å². The molecule has 2 heterocycles. The molecule has 3 rings (SSSR count). The Morgan fingerprint density at radius 2 is 1.83 bits per heavy atom. The van der Waals surface area contributed by atoms with Crippen molar-refractivity contribution in [3.63, 3.8) is 0 Å². The van der Waals surface area contributed by atoms with Gasteiger partial charge in [0.05, 0.1) is 11.3 Å². The molecule has 0 bridgehead atoms. The van der Waals surface area contributed by atoms with E-state index < -0.39 is 0 Å². The van der Waals surface area contributed by atoms with E-state index in [1.54, 1.807) is 11.7 Å². The molecular weight excluding hydrogens is 292 g/mol. The first-order valence-electron chi connectivity index (χ1n) is 7.14. The van der Waals surface area contributed by atoms with Crippen molar-refractivity contribution in [2.45, 2.75) is 6.92 Å². The number of carbonyl (C=O) groups excluding carboxylic acids is 1. The molecule has 0 saturated carbocycles. The Hall–Kier alpha value is -3.15. The van der Waals surface area contributed by atoms with Crippen molar-refractivity contribution < 1.29 is 4.79 Å². The molecule has 0 radical (unpaired) electrons. The van der Waals surface area contributed by atoms with Crippen molar-refractivity contribution >= 4 is 11.7 Å². The molecule has 0 aliphatic carbocycles. The maximum absolute atomic E-state index is 12.3. The van der Waals surface area contributed by atoms with Gasteiger partial charge in [-0.3, -0.25) is 9.59 Å². The van der Waals surface area contributed by atoms with Gasteiger partial charge in [-0.1, -0.05) is 18.2 Å². The van der Waals surface area contributed by atoms with Crippen molar-refractivity contribution in [2.24, 2.45) is 7.05 Å². The molecule has 1 aromatic carbocycles. The number of para-hydroxylation sites is 1. The Balaban J connectivity index is 1.85. The van der Waals surface area contributed by atoms with Crippen molar-refractivity contribution in [1.82, 2.24) is 14.3 Å². The fourth-order valence-corrected chi connectivity index (χ4v) is 2.20. The van der Waals surface area contributed by atoms with Gasteiger partial charge in [-0.25, -0.2) is 4.68 Å². The van der Waals surface area contributed by atoms with Crippen molar-refractivity contribution in [3.05, 3.63) is 76.3 Å². The number of amides is 1. The van der Waals surface area contributed by atoms with Gasteiger partial charge in [-0.15, -0.1) is 5.10 Å².